The zero-order chi connectivity index (χ0) is 9.68. The molecular weight excluding hydrogens is 162 g/mol. The Morgan fingerprint density at radius 2 is 2.00 bits per heavy atom. The summed E-state index contributed by atoms with van der Waals surface area (Å²) in [5.41, 5.74) is 1.20. The molecule has 0 saturated heterocycles. The van der Waals surface area contributed by atoms with E-state index in [1.54, 1.807) is 6.21 Å². The van der Waals surface area contributed by atoms with Crippen LogP contribution in [-0.4, -0.2) is 24.0 Å². The number of hydrogen-bond acceptors (Lipinski definition) is 3. The molecular formula is C10H15N3. The van der Waals surface area contributed by atoms with Crippen molar-refractivity contribution in [2.75, 3.05) is 6.67 Å². The molecule has 0 N–H and O–H groups in total. The second-order valence-corrected chi connectivity index (χ2v) is 2.51. The summed E-state index contributed by atoms with van der Waals surface area (Å²) in [6.45, 7) is 6.76. The Bertz CT molecular complexity index is 285. The van der Waals surface area contributed by atoms with Gasteiger partial charge in [0.25, 0.3) is 0 Å². The van der Waals surface area contributed by atoms with Crippen LogP contribution in [-0.2, 0) is 0 Å². The van der Waals surface area contributed by atoms with E-state index in [9.17, 15) is 0 Å². The molecule has 0 saturated carbocycles. The van der Waals surface area contributed by atoms with Gasteiger partial charge < -0.3 is 4.90 Å². The largest absolute Gasteiger partial charge is 0.310 e. The number of nitrogens with zero attached hydrogens (tertiary/aromatic N) is 3. The Kier molecular flexibility index (Phi) is 3.43. The van der Waals surface area contributed by atoms with E-state index in [-0.39, 0.29) is 0 Å². The van der Waals surface area contributed by atoms with Crippen LogP contribution < -0.4 is 0 Å². The second-order valence-electron chi connectivity index (χ2n) is 2.51. The summed E-state index contributed by atoms with van der Waals surface area (Å²) in [5, 5.41) is 0. The SMILES string of the molecule is CC.CC1=CC=NC2=CC=NCN12. The van der Waals surface area contributed by atoms with Crippen molar-refractivity contribution in [3.63, 3.8) is 0 Å². The Hall–Kier alpha value is -1.38. The Morgan fingerprint density at radius 1 is 1.23 bits per heavy atom. The fourth-order valence-electron chi connectivity index (χ4n) is 1.13. The van der Waals surface area contributed by atoms with Gasteiger partial charge in [0.2, 0.25) is 0 Å². The number of hydrogen-bond donors (Lipinski definition) is 0. The molecule has 13 heavy (non-hydrogen) atoms. The zero-order valence-electron chi connectivity index (χ0n) is 8.36. The number of rotatable bonds is 0. The van der Waals surface area contributed by atoms with Crippen LogP contribution in [0.5, 0.6) is 0 Å². The number of fused-ring (bicyclic) bond motifs is 1. The van der Waals surface area contributed by atoms with E-state index in [2.05, 4.69) is 21.8 Å². The lowest BCUT2D eigenvalue weighted by atomic mass is 10.3. The molecule has 70 valence electrons. The van der Waals surface area contributed by atoms with E-state index >= 15 is 0 Å². The van der Waals surface area contributed by atoms with Gasteiger partial charge in [-0.25, -0.2) is 4.99 Å². The maximum absolute atomic E-state index is 4.20. The Labute approximate surface area is 79.2 Å². The van der Waals surface area contributed by atoms with Gasteiger partial charge in [0.1, 0.15) is 12.5 Å². The first kappa shape index (κ1) is 9.71. The zero-order valence-corrected chi connectivity index (χ0v) is 8.36. The first-order valence-electron chi connectivity index (χ1n) is 4.56. The normalized spacial score (nSPS) is 18.2. The van der Waals surface area contributed by atoms with Crippen molar-refractivity contribution in [1.29, 1.82) is 0 Å². The average Bonchev–Trinajstić information content (AvgIpc) is 2.22. The number of allylic oxidation sites excluding steroid dienone is 3. The molecule has 2 heterocycles. The fraction of sp³-hybridized carbons (Fsp3) is 0.400. The van der Waals surface area contributed by atoms with Gasteiger partial charge in [-0.1, -0.05) is 13.8 Å². The van der Waals surface area contributed by atoms with Gasteiger partial charge in [-0.05, 0) is 19.1 Å². The molecule has 2 aliphatic heterocycles. The fourth-order valence-corrected chi connectivity index (χ4v) is 1.13. The van der Waals surface area contributed by atoms with Crippen molar-refractivity contribution in [2.24, 2.45) is 9.98 Å². The van der Waals surface area contributed by atoms with Crippen molar-refractivity contribution in [1.82, 2.24) is 4.90 Å². The third-order valence-electron chi connectivity index (χ3n) is 1.78. The molecule has 0 fully saturated rings. The average molecular weight is 177 g/mol. The topological polar surface area (TPSA) is 28.0 Å². The van der Waals surface area contributed by atoms with Gasteiger partial charge in [0.15, 0.2) is 0 Å². The summed E-state index contributed by atoms with van der Waals surface area (Å²) >= 11 is 0. The summed E-state index contributed by atoms with van der Waals surface area (Å²) in [6.07, 6.45) is 7.51. The maximum Gasteiger partial charge on any atom is 0.135 e. The highest BCUT2D eigenvalue weighted by Gasteiger charge is 2.13. The quantitative estimate of drug-likeness (QED) is 0.557. The van der Waals surface area contributed by atoms with Crippen molar-refractivity contribution >= 4 is 12.4 Å². The van der Waals surface area contributed by atoms with Gasteiger partial charge in [-0.15, -0.1) is 0 Å². The molecule has 0 bridgehead atoms. The van der Waals surface area contributed by atoms with E-state index in [1.807, 2.05) is 32.2 Å². The minimum Gasteiger partial charge on any atom is -0.310 e. The second kappa shape index (κ2) is 4.60. The van der Waals surface area contributed by atoms with Crippen molar-refractivity contribution < 1.29 is 0 Å². The molecule has 0 radical (unpaired) electrons. The van der Waals surface area contributed by atoms with E-state index < -0.39 is 0 Å². The van der Waals surface area contributed by atoms with Crippen LogP contribution in [0.4, 0.5) is 0 Å². The van der Waals surface area contributed by atoms with Crippen molar-refractivity contribution in [3.05, 3.63) is 23.7 Å². The van der Waals surface area contributed by atoms with Gasteiger partial charge in [0.05, 0.1) is 0 Å². The third-order valence-corrected chi connectivity index (χ3v) is 1.78. The molecule has 0 spiro atoms. The van der Waals surface area contributed by atoms with E-state index in [4.69, 9.17) is 0 Å². The van der Waals surface area contributed by atoms with Crippen LogP contribution in [0.1, 0.15) is 20.8 Å². The van der Waals surface area contributed by atoms with Crippen LogP contribution in [0, 0.1) is 0 Å². The summed E-state index contributed by atoms with van der Waals surface area (Å²) in [4.78, 5) is 10.4. The Balaban J connectivity index is 0.000000396. The predicted molar refractivity (Wildman–Crippen MR) is 56.9 cm³/mol. The molecule has 3 nitrogen and oxygen atoms in total. The minimum absolute atomic E-state index is 0.700. The lowest BCUT2D eigenvalue weighted by Gasteiger charge is -2.27. The summed E-state index contributed by atoms with van der Waals surface area (Å²) in [7, 11) is 0. The van der Waals surface area contributed by atoms with Gasteiger partial charge in [-0.2, -0.15) is 0 Å². The third kappa shape index (κ3) is 2.05. The minimum atomic E-state index is 0.700. The standard InChI is InChI=1S/C8H9N3.C2H6/c1-7-2-5-10-8-3-4-9-6-11(7)8;1-2/h2-5H,6H2,1H3;1-2H3. The molecule has 0 aromatic rings. The highest BCUT2D eigenvalue weighted by molar-refractivity contribution is 5.78. The highest BCUT2D eigenvalue weighted by atomic mass is 15.3. The maximum atomic E-state index is 4.20. The van der Waals surface area contributed by atoms with Crippen LogP contribution in [0.15, 0.2) is 33.7 Å². The molecule has 0 aromatic carbocycles. The van der Waals surface area contributed by atoms with Gasteiger partial charge in [0, 0.05) is 18.1 Å². The molecule has 0 aromatic heterocycles. The lowest BCUT2D eigenvalue weighted by molar-refractivity contribution is 0.431. The van der Waals surface area contributed by atoms with Gasteiger partial charge >= 0.3 is 0 Å². The van der Waals surface area contributed by atoms with Crippen LogP contribution in [0.25, 0.3) is 0 Å². The molecule has 0 aliphatic carbocycles. The van der Waals surface area contributed by atoms with Crippen LogP contribution in [0.3, 0.4) is 0 Å². The summed E-state index contributed by atoms with van der Waals surface area (Å²) in [5.74, 6) is 0.986. The highest BCUT2D eigenvalue weighted by Crippen LogP contribution is 2.18. The first-order valence-corrected chi connectivity index (χ1v) is 4.56. The molecule has 0 atom stereocenters. The molecule has 3 heteroatoms. The first-order chi connectivity index (χ1) is 6.38. The molecule has 2 rings (SSSR count). The van der Waals surface area contributed by atoms with Crippen LogP contribution in [0.2, 0.25) is 0 Å². The van der Waals surface area contributed by atoms with Crippen molar-refractivity contribution in [2.45, 2.75) is 20.8 Å². The van der Waals surface area contributed by atoms with E-state index in [0.717, 1.165) is 5.82 Å². The summed E-state index contributed by atoms with van der Waals surface area (Å²) < 4.78 is 0. The smallest absolute Gasteiger partial charge is 0.135 e. The summed E-state index contributed by atoms with van der Waals surface area (Å²) in [6, 6.07) is 0. The predicted octanol–water partition coefficient (Wildman–Crippen LogP) is 2.19. The molecule has 0 unspecified atom stereocenters. The van der Waals surface area contributed by atoms with E-state index in [1.165, 1.54) is 5.70 Å². The number of aliphatic imine (C=N–C) groups is 2. The Morgan fingerprint density at radius 3 is 2.69 bits per heavy atom. The lowest BCUT2D eigenvalue weighted by Crippen LogP contribution is -2.24. The van der Waals surface area contributed by atoms with Crippen LogP contribution >= 0.6 is 0 Å². The molecule has 0 amide bonds. The van der Waals surface area contributed by atoms with E-state index in [0.29, 0.717) is 6.67 Å². The van der Waals surface area contributed by atoms with Gasteiger partial charge in [-0.3, -0.25) is 4.99 Å². The monoisotopic (exact) mass is 177 g/mol. The van der Waals surface area contributed by atoms with Crippen molar-refractivity contribution in [3.8, 4) is 0 Å². The molecule has 2 aliphatic rings.